The van der Waals surface area contributed by atoms with Crippen molar-refractivity contribution in [3.63, 3.8) is 0 Å². The van der Waals surface area contributed by atoms with E-state index in [9.17, 15) is 9.59 Å². The zero-order valence-corrected chi connectivity index (χ0v) is 14.4. The molecule has 1 aliphatic heterocycles. The molecule has 1 aromatic heterocycles. The van der Waals surface area contributed by atoms with E-state index in [2.05, 4.69) is 4.98 Å². The molecule has 6 heteroatoms. The predicted molar refractivity (Wildman–Crippen MR) is 96.0 cm³/mol. The lowest BCUT2D eigenvalue weighted by Crippen LogP contribution is -2.29. The van der Waals surface area contributed by atoms with Gasteiger partial charge in [0.1, 0.15) is 0 Å². The molecule has 0 unspecified atom stereocenters. The van der Waals surface area contributed by atoms with E-state index < -0.39 is 0 Å². The fraction of sp³-hybridized carbons (Fsp3) is 0.105. The number of amides is 2. The Hall–Kier alpha value is -2.86. The Kier molecular flexibility index (Phi) is 3.89. The molecule has 0 N–H and O–H groups in total. The third-order valence-electron chi connectivity index (χ3n) is 4.18. The van der Waals surface area contributed by atoms with E-state index >= 15 is 0 Å². The van der Waals surface area contributed by atoms with Gasteiger partial charge in [0.15, 0.2) is 5.16 Å². The number of fused-ring (bicyclic) bond motifs is 1. The highest BCUT2D eigenvalue weighted by Gasteiger charge is 2.35. The van der Waals surface area contributed by atoms with Gasteiger partial charge in [-0.05, 0) is 30.7 Å². The van der Waals surface area contributed by atoms with Crippen molar-refractivity contribution in [1.82, 2.24) is 14.5 Å². The van der Waals surface area contributed by atoms with Gasteiger partial charge in [0.05, 0.1) is 22.7 Å². The van der Waals surface area contributed by atoms with E-state index in [1.54, 1.807) is 30.5 Å². The maximum absolute atomic E-state index is 12.4. The topological polar surface area (TPSA) is 55.2 Å². The largest absolute Gasteiger partial charge is 0.295 e. The minimum absolute atomic E-state index is 0.231. The summed E-state index contributed by atoms with van der Waals surface area (Å²) in [5.41, 5.74) is 3.10. The van der Waals surface area contributed by atoms with Crippen LogP contribution >= 0.6 is 11.8 Å². The first-order valence-corrected chi connectivity index (χ1v) is 8.83. The number of thioether (sulfide) groups is 1. The van der Waals surface area contributed by atoms with Crippen LogP contribution in [0.1, 0.15) is 26.3 Å². The normalized spacial score (nSPS) is 13.4. The molecule has 0 spiro atoms. The fourth-order valence-electron chi connectivity index (χ4n) is 2.89. The Morgan fingerprint density at radius 2 is 1.60 bits per heavy atom. The van der Waals surface area contributed by atoms with E-state index in [1.165, 1.54) is 16.7 Å². The van der Waals surface area contributed by atoms with Crippen LogP contribution in [-0.2, 0) is 0 Å². The van der Waals surface area contributed by atoms with Crippen molar-refractivity contribution in [2.75, 3.05) is 5.88 Å². The van der Waals surface area contributed by atoms with E-state index in [4.69, 9.17) is 0 Å². The van der Waals surface area contributed by atoms with Gasteiger partial charge in [-0.15, -0.1) is 0 Å². The maximum Gasteiger partial charge on any atom is 0.262 e. The number of aryl methyl sites for hydroxylation is 1. The molecule has 0 fully saturated rings. The standard InChI is InChI=1S/C19H15N3O2S/c1-13-6-2-5-9-16(13)21-11-10-20-19(21)25-12-22-17(23)14-7-3-4-8-15(14)18(22)24/h2-11H,12H2,1H3. The van der Waals surface area contributed by atoms with Crippen molar-refractivity contribution in [2.45, 2.75) is 12.1 Å². The number of benzene rings is 2. The zero-order valence-electron chi connectivity index (χ0n) is 13.5. The highest BCUT2D eigenvalue weighted by molar-refractivity contribution is 7.99. The van der Waals surface area contributed by atoms with Crippen LogP contribution in [0.4, 0.5) is 0 Å². The Labute approximate surface area is 149 Å². The van der Waals surface area contributed by atoms with Crippen LogP contribution in [0.2, 0.25) is 0 Å². The quantitative estimate of drug-likeness (QED) is 0.534. The molecule has 0 atom stereocenters. The van der Waals surface area contributed by atoms with Crippen molar-refractivity contribution in [3.8, 4) is 5.69 Å². The van der Waals surface area contributed by atoms with E-state index in [0.29, 0.717) is 11.1 Å². The lowest BCUT2D eigenvalue weighted by atomic mass is 10.1. The van der Waals surface area contributed by atoms with Gasteiger partial charge in [0, 0.05) is 12.4 Å². The molecule has 4 rings (SSSR count). The van der Waals surface area contributed by atoms with Gasteiger partial charge in [-0.25, -0.2) is 4.98 Å². The second-order valence-electron chi connectivity index (χ2n) is 5.72. The van der Waals surface area contributed by atoms with Gasteiger partial charge in [-0.1, -0.05) is 42.1 Å². The number of nitrogens with zero attached hydrogens (tertiary/aromatic N) is 3. The van der Waals surface area contributed by atoms with Crippen LogP contribution in [0.25, 0.3) is 5.69 Å². The zero-order chi connectivity index (χ0) is 17.4. The molecule has 0 saturated heterocycles. The number of para-hydroxylation sites is 1. The number of carbonyl (C=O) groups is 2. The lowest BCUT2D eigenvalue weighted by molar-refractivity contribution is 0.0684. The first-order valence-electron chi connectivity index (χ1n) is 7.84. The minimum atomic E-state index is -0.248. The summed E-state index contributed by atoms with van der Waals surface area (Å²) in [6.07, 6.45) is 3.60. The number of hydrogen-bond donors (Lipinski definition) is 0. The number of carbonyl (C=O) groups excluding carboxylic acids is 2. The van der Waals surface area contributed by atoms with Gasteiger partial charge in [-0.2, -0.15) is 0 Å². The average Bonchev–Trinajstić information content (AvgIpc) is 3.18. The highest BCUT2D eigenvalue weighted by Crippen LogP contribution is 2.28. The summed E-state index contributed by atoms with van der Waals surface area (Å²) in [7, 11) is 0. The number of rotatable bonds is 4. The molecule has 2 aromatic carbocycles. The molecule has 0 bridgehead atoms. The van der Waals surface area contributed by atoms with Crippen molar-refractivity contribution in [1.29, 1.82) is 0 Å². The van der Waals surface area contributed by atoms with Crippen molar-refractivity contribution in [2.24, 2.45) is 0 Å². The maximum atomic E-state index is 12.4. The van der Waals surface area contributed by atoms with Gasteiger partial charge in [0.25, 0.3) is 11.8 Å². The summed E-state index contributed by atoms with van der Waals surface area (Å²) in [6.45, 7) is 2.04. The Bertz CT molecular complexity index is 945. The third kappa shape index (κ3) is 2.64. The Morgan fingerprint density at radius 3 is 2.28 bits per heavy atom. The smallest absolute Gasteiger partial charge is 0.262 e. The summed E-state index contributed by atoms with van der Waals surface area (Å²) in [4.78, 5) is 30.5. The molecule has 3 aromatic rings. The lowest BCUT2D eigenvalue weighted by Gasteiger charge is -2.14. The minimum Gasteiger partial charge on any atom is -0.295 e. The van der Waals surface area contributed by atoms with Gasteiger partial charge in [0.2, 0.25) is 0 Å². The van der Waals surface area contributed by atoms with Crippen LogP contribution in [0, 0.1) is 6.92 Å². The van der Waals surface area contributed by atoms with E-state index in [0.717, 1.165) is 16.4 Å². The molecule has 2 amide bonds. The molecule has 0 aliphatic carbocycles. The predicted octanol–water partition coefficient (Wildman–Crippen LogP) is 3.53. The van der Waals surface area contributed by atoms with Crippen LogP contribution < -0.4 is 0 Å². The first kappa shape index (κ1) is 15.7. The van der Waals surface area contributed by atoms with Crippen LogP contribution in [0.3, 0.4) is 0 Å². The number of imide groups is 1. The summed E-state index contributed by atoms with van der Waals surface area (Å²) < 4.78 is 1.97. The van der Waals surface area contributed by atoms with Gasteiger partial charge in [-0.3, -0.25) is 19.1 Å². The number of imidazole rings is 1. The summed E-state index contributed by atoms with van der Waals surface area (Å²) in [5, 5.41) is 0.742. The Morgan fingerprint density at radius 1 is 0.960 bits per heavy atom. The molecule has 124 valence electrons. The molecule has 2 heterocycles. The van der Waals surface area contributed by atoms with Crippen molar-refractivity contribution >= 4 is 23.6 Å². The highest BCUT2D eigenvalue weighted by atomic mass is 32.2. The fourth-order valence-corrected chi connectivity index (χ4v) is 3.81. The molecular formula is C19H15N3O2S. The molecule has 0 radical (unpaired) electrons. The average molecular weight is 349 g/mol. The van der Waals surface area contributed by atoms with Crippen LogP contribution in [0.15, 0.2) is 66.1 Å². The molecule has 25 heavy (non-hydrogen) atoms. The molecule has 5 nitrogen and oxygen atoms in total. The Balaban J connectivity index is 1.56. The van der Waals surface area contributed by atoms with Gasteiger partial charge < -0.3 is 0 Å². The molecule has 1 aliphatic rings. The first-order chi connectivity index (χ1) is 12.2. The number of aromatic nitrogens is 2. The van der Waals surface area contributed by atoms with Crippen LogP contribution in [-0.4, -0.2) is 32.1 Å². The summed E-state index contributed by atoms with van der Waals surface area (Å²) >= 11 is 1.37. The molecule has 0 saturated carbocycles. The monoisotopic (exact) mass is 349 g/mol. The second-order valence-corrected chi connectivity index (χ2v) is 6.64. The SMILES string of the molecule is Cc1ccccc1-n1ccnc1SCN1C(=O)c2ccccc2C1=O. The number of hydrogen-bond acceptors (Lipinski definition) is 4. The molecular weight excluding hydrogens is 334 g/mol. The van der Waals surface area contributed by atoms with Gasteiger partial charge >= 0.3 is 0 Å². The summed E-state index contributed by atoms with van der Waals surface area (Å²) in [5.74, 6) is -0.265. The van der Waals surface area contributed by atoms with Crippen molar-refractivity contribution in [3.05, 3.63) is 77.6 Å². The van der Waals surface area contributed by atoms with E-state index in [-0.39, 0.29) is 17.7 Å². The summed E-state index contributed by atoms with van der Waals surface area (Å²) in [6, 6.07) is 14.9. The second kappa shape index (κ2) is 6.22. The van der Waals surface area contributed by atoms with Crippen molar-refractivity contribution < 1.29 is 9.59 Å². The third-order valence-corrected chi connectivity index (χ3v) is 5.13. The van der Waals surface area contributed by atoms with Crippen LogP contribution in [0.5, 0.6) is 0 Å². The van der Waals surface area contributed by atoms with E-state index in [1.807, 2.05) is 42.0 Å².